The molecule has 1 aliphatic carbocycles. The van der Waals surface area contributed by atoms with Crippen molar-refractivity contribution < 1.29 is 42.2 Å². The minimum absolute atomic E-state index is 0.104. The molecular weight excluding hydrogens is 674 g/mol. The molecule has 3 aliphatic rings. The van der Waals surface area contributed by atoms with Crippen molar-refractivity contribution in [3.63, 3.8) is 0 Å². The van der Waals surface area contributed by atoms with Crippen LogP contribution in [0.1, 0.15) is 25.6 Å². The third kappa shape index (κ3) is 5.42. The predicted octanol–water partition coefficient (Wildman–Crippen LogP) is 1.29. The molecule has 19 nitrogen and oxygen atoms in total. The fourth-order valence-electron chi connectivity index (χ4n) is 6.04. The number of aromatic nitrogens is 8. The van der Waals surface area contributed by atoms with Crippen LogP contribution in [0.25, 0.3) is 22.3 Å². The molecule has 0 aromatic carbocycles. The molecule has 6 heterocycles. The Labute approximate surface area is 264 Å². The van der Waals surface area contributed by atoms with Gasteiger partial charge in [0.2, 0.25) is 0 Å². The van der Waals surface area contributed by atoms with Gasteiger partial charge in [0.15, 0.2) is 29.2 Å². The quantitative estimate of drug-likeness (QED) is 0.127. The van der Waals surface area contributed by atoms with E-state index in [2.05, 4.69) is 54.4 Å². The molecule has 4 aromatic rings. The van der Waals surface area contributed by atoms with Gasteiger partial charge in [0.05, 0.1) is 31.9 Å². The summed E-state index contributed by atoms with van der Waals surface area (Å²) in [6.07, 6.45) is -2.34. The number of hydrogen-bond donors (Lipinski definition) is 6. The van der Waals surface area contributed by atoms with Gasteiger partial charge in [-0.2, -0.15) is 0 Å². The predicted molar refractivity (Wildman–Crippen MR) is 162 cm³/mol. The average Bonchev–Trinajstić information content (AvgIpc) is 3.73. The van der Waals surface area contributed by atoms with Gasteiger partial charge >= 0.3 is 13.6 Å². The van der Waals surface area contributed by atoms with Gasteiger partial charge in [0, 0.05) is 5.41 Å². The van der Waals surface area contributed by atoms with Crippen LogP contribution in [0, 0.1) is 5.41 Å². The molecule has 1 unspecified atom stereocenters. The zero-order valence-electron chi connectivity index (χ0n) is 23.2. The van der Waals surface area contributed by atoms with Crippen LogP contribution in [0.15, 0.2) is 25.3 Å². The van der Waals surface area contributed by atoms with Crippen LogP contribution in [0.4, 0.5) is 11.6 Å². The second kappa shape index (κ2) is 11.1. The Morgan fingerprint density at radius 2 is 1.49 bits per heavy atom. The summed E-state index contributed by atoms with van der Waals surface area (Å²) < 4.78 is 59.4. The Hall–Kier alpha value is -2.42. The maximum Gasteiger partial charge on any atom is 0.386 e. The van der Waals surface area contributed by atoms with Crippen molar-refractivity contribution in [3.05, 3.63) is 25.3 Å². The van der Waals surface area contributed by atoms with Gasteiger partial charge < -0.3 is 35.5 Å². The van der Waals surface area contributed by atoms with Crippen molar-refractivity contribution in [1.82, 2.24) is 39.0 Å². The van der Waals surface area contributed by atoms with Crippen LogP contribution in [-0.2, 0) is 32.0 Å². The number of hydrogen-bond acceptors (Lipinski definition) is 17. The summed E-state index contributed by atoms with van der Waals surface area (Å²) >= 11 is 8.36. The molecular formula is C22H28N10O9P2S2. The molecule has 1 saturated carbocycles. The normalized spacial score (nSPS) is 39.4. The molecule has 3 fully saturated rings. The van der Waals surface area contributed by atoms with Gasteiger partial charge in [-0.15, -0.1) is 0 Å². The number of thiol groups is 2. The highest BCUT2D eigenvalue weighted by Gasteiger charge is 2.57. The number of imidazole rings is 2. The molecule has 242 valence electrons. The summed E-state index contributed by atoms with van der Waals surface area (Å²) in [7, 11) is 0. The van der Waals surface area contributed by atoms with E-state index in [4.69, 9.17) is 34.3 Å². The summed E-state index contributed by atoms with van der Waals surface area (Å²) in [4.78, 5) is 24.8. The standard InChI is InChI=1S/C22H28N10O9P2S2/c1-22-2-9(31-7-29-11-17(23)25-5-27-19(11)31)13(33)16(22)41-42(35,44)37-3-10-14(34)15(40-43(36,45)38-4-22)21(39-10)32-8-30-12-18(24)26-6-28-20(12)32/h5-10,13-16,21,33-34H,2-4H2,1H3,(H,35,44)(H,36,45)(H2,23,25,27)(H2,24,26,28)/t9-,10-,13+,14-,15-,16+,21-,22-,42-,43?/m1/s1. The number of nitrogens with zero attached hydrogens (tertiary/aromatic N) is 8. The van der Waals surface area contributed by atoms with Crippen LogP contribution in [0.5, 0.6) is 0 Å². The Kier molecular flexibility index (Phi) is 7.69. The Bertz CT molecular complexity index is 1880. The maximum atomic E-state index is 13.7. The van der Waals surface area contributed by atoms with Crippen LogP contribution >= 0.6 is 38.1 Å². The van der Waals surface area contributed by atoms with Crippen molar-refractivity contribution in [3.8, 4) is 0 Å². The number of nitrogens with two attached hydrogens (primary N) is 2. The molecule has 7 rings (SSSR count). The molecule has 2 saturated heterocycles. The molecule has 2 bridgehead atoms. The molecule has 0 spiro atoms. The number of anilines is 2. The van der Waals surface area contributed by atoms with Crippen LogP contribution in [0.3, 0.4) is 0 Å². The lowest BCUT2D eigenvalue weighted by atomic mass is 9.87. The average molecular weight is 703 g/mol. The van der Waals surface area contributed by atoms with Gasteiger partial charge in [-0.25, -0.2) is 39.0 Å². The third-order valence-electron chi connectivity index (χ3n) is 8.25. The number of rotatable bonds is 2. The number of ether oxygens (including phenoxy) is 1. The second-order valence-corrected chi connectivity index (χ2v) is 17.0. The summed E-state index contributed by atoms with van der Waals surface area (Å²) in [6, 6.07) is -0.737. The first kappa shape index (κ1) is 31.2. The smallest absolute Gasteiger partial charge is 0.386 e. The number of fused-ring (bicyclic) bond motifs is 5. The van der Waals surface area contributed by atoms with E-state index >= 15 is 0 Å². The molecule has 2 aliphatic heterocycles. The molecule has 0 radical (unpaired) electrons. The van der Waals surface area contributed by atoms with Crippen molar-refractivity contribution in [2.45, 2.75) is 56.1 Å². The van der Waals surface area contributed by atoms with E-state index in [0.717, 1.165) is 0 Å². The van der Waals surface area contributed by atoms with Crippen molar-refractivity contribution in [1.29, 1.82) is 0 Å². The lowest BCUT2D eigenvalue weighted by molar-refractivity contribution is -0.0584. The van der Waals surface area contributed by atoms with E-state index in [1.807, 2.05) is 0 Å². The molecule has 45 heavy (non-hydrogen) atoms. The summed E-state index contributed by atoms with van der Waals surface area (Å²) in [5, 5.41) is 22.7. The number of aliphatic hydroxyl groups excluding tert-OH is 2. The number of nitrogen functional groups attached to an aromatic ring is 2. The molecule has 4 aromatic heterocycles. The zero-order valence-corrected chi connectivity index (χ0v) is 26.8. The fraction of sp³-hybridized carbons (Fsp3) is 0.545. The number of aliphatic hydroxyl groups is 2. The first-order chi connectivity index (χ1) is 21.3. The Morgan fingerprint density at radius 1 is 0.889 bits per heavy atom. The topological polar surface area (TPSA) is 260 Å². The lowest BCUT2D eigenvalue weighted by Gasteiger charge is -2.34. The van der Waals surface area contributed by atoms with E-state index in [0.29, 0.717) is 11.2 Å². The van der Waals surface area contributed by atoms with Crippen LogP contribution in [0.2, 0.25) is 0 Å². The van der Waals surface area contributed by atoms with Gasteiger partial charge in [0.1, 0.15) is 54.2 Å². The van der Waals surface area contributed by atoms with Crippen molar-refractivity contribution in [2.24, 2.45) is 5.41 Å². The van der Waals surface area contributed by atoms with E-state index in [1.165, 1.54) is 29.9 Å². The van der Waals surface area contributed by atoms with E-state index < -0.39 is 68.4 Å². The highest BCUT2D eigenvalue weighted by molar-refractivity contribution is 8.44. The minimum atomic E-state index is -4.27. The summed E-state index contributed by atoms with van der Waals surface area (Å²) in [5.74, 6) is 0.255. The van der Waals surface area contributed by atoms with Crippen LogP contribution < -0.4 is 11.5 Å². The SMILES string of the molecule is C[C@@]12COP(=O)(S)O[C@@H]3[C@H](O)[C@@H](CO[P@@](=O)(S)O[C@H]1[C@@H](O)[C@H](n1cnc4c(N)ncnc41)C2)O[C@H]3n1cnc2c(N)ncnc21. The lowest BCUT2D eigenvalue weighted by Crippen LogP contribution is -2.39. The first-order valence-electron chi connectivity index (χ1n) is 13.5. The van der Waals surface area contributed by atoms with E-state index in [1.54, 1.807) is 11.5 Å². The monoisotopic (exact) mass is 702 g/mol. The summed E-state index contributed by atoms with van der Waals surface area (Å²) in [5.41, 5.74) is 11.9. The van der Waals surface area contributed by atoms with Gasteiger partial charge in [-0.3, -0.25) is 18.1 Å². The highest BCUT2D eigenvalue weighted by Crippen LogP contribution is 2.63. The van der Waals surface area contributed by atoms with Crippen molar-refractivity contribution in [2.75, 3.05) is 24.7 Å². The minimum Gasteiger partial charge on any atom is -0.388 e. The Balaban J connectivity index is 1.23. The molecule has 10 atom stereocenters. The van der Waals surface area contributed by atoms with E-state index in [9.17, 15) is 19.3 Å². The van der Waals surface area contributed by atoms with Gasteiger partial charge in [0.25, 0.3) is 0 Å². The van der Waals surface area contributed by atoms with Crippen molar-refractivity contribution >= 4 is 72.1 Å². The first-order valence-corrected chi connectivity index (χ1v) is 18.9. The zero-order chi connectivity index (χ0) is 31.9. The van der Waals surface area contributed by atoms with Gasteiger partial charge in [-0.05, 0) is 6.42 Å². The van der Waals surface area contributed by atoms with E-state index in [-0.39, 0.29) is 35.8 Å². The molecule has 23 heteroatoms. The molecule has 0 amide bonds. The molecule has 6 N–H and O–H groups in total. The maximum absolute atomic E-state index is 13.7. The Morgan fingerprint density at radius 3 is 2.16 bits per heavy atom. The summed E-state index contributed by atoms with van der Waals surface area (Å²) in [6.45, 7) is -7.70. The third-order valence-corrected chi connectivity index (χ3v) is 11.4. The van der Waals surface area contributed by atoms with Gasteiger partial charge in [-0.1, -0.05) is 31.4 Å². The second-order valence-electron chi connectivity index (χ2n) is 11.2. The highest BCUT2D eigenvalue weighted by atomic mass is 32.7. The fourth-order valence-corrected chi connectivity index (χ4v) is 9.16. The van der Waals surface area contributed by atoms with Crippen LogP contribution in [-0.4, -0.2) is 93.0 Å². The largest absolute Gasteiger partial charge is 0.388 e.